The van der Waals surface area contributed by atoms with E-state index < -0.39 is 5.97 Å². The van der Waals surface area contributed by atoms with Crippen molar-refractivity contribution in [2.24, 2.45) is 34.2 Å². The van der Waals surface area contributed by atoms with Gasteiger partial charge in [-0.2, -0.15) is 0 Å². The van der Waals surface area contributed by atoms with Gasteiger partial charge in [0.1, 0.15) is 0 Å². The molecule has 2 fully saturated rings. The van der Waals surface area contributed by atoms with Crippen LogP contribution in [0.4, 0.5) is 0 Å². The van der Waals surface area contributed by atoms with Crippen LogP contribution in [0.1, 0.15) is 64.2 Å². The zero-order valence-corrected chi connectivity index (χ0v) is 15.0. The Bertz CT molecular complexity index is 483. The molecule has 7 nitrogen and oxygen atoms in total. The normalized spacial score (nSPS) is 29.6. The summed E-state index contributed by atoms with van der Waals surface area (Å²) in [5, 5.41) is 11.9. The molecule has 2 rings (SSSR count). The number of hydrogen-bond acceptors (Lipinski definition) is 3. The van der Waals surface area contributed by atoms with Crippen molar-refractivity contribution in [3.8, 4) is 0 Å². The van der Waals surface area contributed by atoms with Gasteiger partial charge in [0.2, 0.25) is 5.91 Å². The number of carboxylic acid groups (broad SMARTS) is 1. The number of amides is 1. The lowest BCUT2D eigenvalue weighted by Gasteiger charge is -2.30. The number of nitrogens with one attached hydrogen (secondary N) is 1. The number of carbonyl (C=O) groups is 2. The zero-order chi connectivity index (χ0) is 18.2. The molecule has 0 spiro atoms. The summed E-state index contributed by atoms with van der Waals surface area (Å²) in [6.07, 6.45) is 8.91. The molecule has 0 aliphatic heterocycles. The van der Waals surface area contributed by atoms with Crippen molar-refractivity contribution >= 4 is 17.8 Å². The molecule has 25 heavy (non-hydrogen) atoms. The summed E-state index contributed by atoms with van der Waals surface area (Å²) >= 11 is 0. The quantitative estimate of drug-likeness (QED) is 0.408. The summed E-state index contributed by atoms with van der Waals surface area (Å²) in [4.78, 5) is 27.3. The first-order valence-corrected chi connectivity index (χ1v) is 9.52. The maximum absolute atomic E-state index is 12.4. The molecule has 2 aliphatic rings. The molecule has 142 valence electrons. The molecule has 2 atom stereocenters. The minimum atomic E-state index is -0.708. The second-order valence-corrected chi connectivity index (χ2v) is 7.64. The van der Waals surface area contributed by atoms with Crippen LogP contribution in [0.25, 0.3) is 0 Å². The van der Waals surface area contributed by atoms with Gasteiger partial charge in [-0.15, -0.1) is 0 Å². The maximum atomic E-state index is 12.4. The van der Waals surface area contributed by atoms with Gasteiger partial charge >= 0.3 is 5.97 Å². The Balaban J connectivity index is 1.67. The van der Waals surface area contributed by atoms with Crippen LogP contribution in [0.3, 0.4) is 0 Å². The first-order chi connectivity index (χ1) is 11.9. The van der Waals surface area contributed by atoms with E-state index in [0.29, 0.717) is 11.8 Å². The molecule has 0 aromatic carbocycles. The maximum Gasteiger partial charge on any atom is 0.303 e. The van der Waals surface area contributed by atoms with E-state index in [1.165, 1.54) is 0 Å². The van der Waals surface area contributed by atoms with E-state index in [1.54, 1.807) is 0 Å². The molecule has 0 aromatic rings. The van der Waals surface area contributed by atoms with Crippen molar-refractivity contribution < 1.29 is 14.7 Å². The molecular formula is C18H32N4O3. The number of nitrogens with zero attached hydrogens (tertiary/aromatic N) is 1. The lowest BCUT2D eigenvalue weighted by Crippen LogP contribution is -2.38. The lowest BCUT2D eigenvalue weighted by atomic mass is 9.80. The highest BCUT2D eigenvalue weighted by atomic mass is 16.4. The highest BCUT2D eigenvalue weighted by molar-refractivity contribution is 5.79. The van der Waals surface area contributed by atoms with Gasteiger partial charge in [0, 0.05) is 18.9 Å². The Labute approximate surface area is 149 Å². The highest BCUT2D eigenvalue weighted by Gasteiger charge is 2.28. The molecule has 0 aromatic heterocycles. The van der Waals surface area contributed by atoms with Crippen LogP contribution in [-0.2, 0) is 9.59 Å². The number of aliphatic imine (C=N–C) groups is 1. The molecule has 0 radical (unpaired) electrons. The number of nitrogens with two attached hydrogens (primary N) is 2. The van der Waals surface area contributed by atoms with Gasteiger partial charge in [0.05, 0.1) is 6.04 Å². The zero-order valence-electron chi connectivity index (χ0n) is 15.0. The van der Waals surface area contributed by atoms with Crippen molar-refractivity contribution in [1.29, 1.82) is 0 Å². The summed E-state index contributed by atoms with van der Waals surface area (Å²) < 4.78 is 0. The summed E-state index contributed by atoms with van der Waals surface area (Å²) in [6, 6.07) is 0.0687. The van der Waals surface area contributed by atoms with E-state index >= 15 is 0 Å². The van der Waals surface area contributed by atoms with Gasteiger partial charge < -0.3 is 21.9 Å². The number of rotatable bonds is 7. The Hall–Kier alpha value is -1.79. The molecule has 1 amide bonds. The lowest BCUT2D eigenvalue weighted by molar-refractivity contribution is -0.137. The van der Waals surface area contributed by atoms with Crippen LogP contribution in [-0.4, -0.2) is 35.5 Å². The number of guanidine groups is 1. The van der Waals surface area contributed by atoms with Gasteiger partial charge in [0.25, 0.3) is 0 Å². The molecule has 6 N–H and O–H groups in total. The van der Waals surface area contributed by atoms with Gasteiger partial charge in [-0.25, -0.2) is 0 Å². The van der Waals surface area contributed by atoms with E-state index in [1.807, 2.05) is 0 Å². The number of hydrogen-bond donors (Lipinski definition) is 4. The van der Waals surface area contributed by atoms with Gasteiger partial charge in [-0.1, -0.05) is 19.3 Å². The summed E-state index contributed by atoms with van der Waals surface area (Å²) in [7, 11) is 0. The third-order valence-electron chi connectivity index (χ3n) is 5.65. The minimum absolute atomic E-state index is 0.00811. The molecule has 7 heteroatoms. The van der Waals surface area contributed by atoms with Crippen LogP contribution in [0.5, 0.6) is 0 Å². The number of carbonyl (C=O) groups excluding carboxylic acids is 1. The average molecular weight is 352 g/mol. The summed E-state index contributed by atoms with van der Waals surface area (Å²) in [6.45, 7) is 0.730. The highest BCUT2D eigenvalue weighted by Crippen LogP contribution is 2.31. The van der Waals surface area contributed by atoms with E-state index in [4.69, 9.17) is 16.6 Å². The van der Waals surface area contributed by atoms with E-state index in [0.717, 1.165) is 64.3 Å². The topological polar surface area (TPSA) is 131 Å². The van der Waals surface area contributed by atoms with Gasteiger partial charge in [-0.3, -0.25) is 14.6 Å². The molecule has 0 bridgehead atoms. The Kier molecular flexibility index (Phi) is 7.52. The first kappa shape index (κ1) is 19.5. The summed E-state index contributed by atoms with van der Waals surface area (Å²) in [5.41, 5.74) is 10.9. The predicted molar refractivity (Wildman–Crippen MR) is 96.9 cm³/mol. The standard InChI is InChI=1S/C18H32N4O3/c19-18(20)22-15-3-1-2-14(10-15)17(25)21-11-13-6-4-12(5-7-13)8-9-16(23)24/h12-15H,1-11H2,(H,21,25)(H,23,24)(H4,19,20,22). The molecule has 2 saturated carbocycles. The molecule has 0 heterocycles. The smallest absolute Gasteiger partial charge is 0.303 e. The largest absolute Gasteiger partial charge is 0.481 e. The first-order valence-electron chi connectivity index (χ1n) is 9.52. The monoisotopic (exact) mass is 352 g/mol. The summed E-state index contributed by atoms with van der Waals surface area (Å²) in [5.74, 6) is 0.577. The van der Waals surface area contributed by atoms with E-state index in [9.17, 15) is 9.59 Å². The molecule has 2 aliphatic carbocycles. The molecule has 2 unspecified atom stereocenters. The third kappa shape index (κ3) is 6.92. The third-order valence-corrected chi connectivity index (χ3v) is 5.65. The molecule has 0 saturated heterocycles. The van der Waals surface area contributed by atoms with Crippen LogP contribution in [0, 0.1) is 17.8 Å². The average Bonchev–Trinajstić information content (AvgIpc) is 2.58. The fourth-order valence-electron chi connectivity index (χ4n) is 4.17. The fraction of sp³-hybridized carbons (Fsp3) is 0.833. The Morgan fingerprint density at radius 2 is 1.72 bits per heavy atom. The molecular weight excluding hydrogens is 320 g/mol. The van der Waals surface area contributed by atoms with Crippen LogP contribution in [0.15, 0.2) is 4.99 Å². The predicted octanol–water partition coefficient (Wildman–Crippen LogP) is 1.61. The minimum Gasteiger partial charge on any atom is -0.481 e. The van der Waals surface area contributed by atoms with Crippen molar-refractivity contribution in [2.75, 3.05) is 6.54 Å². The van der Waals surface area contributed by atoms with Gasteiger partial charge in [0.15, 0.2) is 5.96 Å². The van der Waals surface area contributed by atoms with E-state index in [2.05, 4.69) is 10.3 Å². The Morgan fingerprint density at radius 1 is 1.04 bits per heavy atom. The number of carboxylic acids is 1. The van der Waals surface area contributed by atoms with Crippen molar-refractivity contribution in [3.63, 3.8) is 0 Å². The van der Waals surface area contributed by atoms with Crippen LogP contribution < -0.4 is 16.8 Å². The van der Waals surface area contributed by atoms with Crippen molar-refractivity contribution in [3.05, 3.63) is 0 Å². The van der Waals surface area contributed by atoms with E-state index in [-0.39, 0.29) is 30.2 Å². The Morgan fingerprint density at radius 3 is 2.36 bits per heavy atom. The second-order valence-electron chi connectivity index (χ2n) is 7.64. The van der Waals surface area contributed by atoms with Crippen LogP contribution >= 0.6 is 0 Å². The van der Waals surface area contributed by atoms with Crippen molar-refractivity contribution in [1.82, 2.24) is 5.32 Å². The van der Waals surface area contributed by atoms with Crippen LogP contribution in [0.2, 0.25) is 0 Å². The van der Waals surface area contributed by atoms with Crippen molar-refractivity contribution in [2.45, 2.75) is 70.3 Å². The fourth-order valence-corrected chi connectivity index (χ4v) is 4.17. The second kappa shape index (κ2) is 9.63. The number of aliphatic carboxylic acids is 1. The van der Waals surface area contributed by atoms with Gasteiger partial charge in [-0.05, 0) is 50.4 Å². The SMILES string of the molecule is NC(N)=NC1CCCC(C(=O)NCC2CCC(CCC(=O)O)CC2)C1.